The predicted octanol–water partition coefficient (Wildman–Crippen LogP) is 0.736. The van der Waals surface area contributed by atoms with E-state index in [4.69, 9.17) is 0 Å². The van der Waals surface area contributed by atoms with Gasteiger partial charge in [0.15, 0.2) is 4.01 Å². The van der Waals surface area contributed by atoms with Crippen molar-refractivity contribution >= 4 is 42.3 Å². The minimum absolute atomic E-state index is 0. The maximum absolute atomic E-state index is 2.42. The van der Waals surface area contributed by atoms with E-state index in [2.05, 4.69) is 42.7 Å². The van der Waals surface area contributed by atoms with Crippen molar-refractivity contribution in [2.45, 2.75) is 20.4 Å². The first-order chi connectivity index (χ1) is 7.31. The Morgan fingerprint density at radius 3 is 2.69 bits per heavy atom. The zero-order chi connectivity index (χ0) is 10.4. The van der Waals surface area contributed by atoms with Gasteiger partial charge in [0.25, 0.3) is 0 Å². The standard InChI is InChI=1S/C12H12NS2.HI/c1-3-13-8(2)14-12-11(13)9-6-4-5-7-10(9)15-12;/h4-7H,3H2,1-2H3;1H/q+1;/p-1. The predicted molar refractivity (Wildman–Crippen MR) is 67.8 cm³/mol. The van der Waals surface area contributed by atoms with Gasteiger partial charge in [-0.05, 0) is 19.1 Å². The van der Waals surface area contributed by atoms with Gasteiger partial charge in [-0.15, -0.1) is 11.3 Å². The summed E-state index contributed by atoms with van der Waals surface area (Å²) in [5.41, 5.74) is 1.43. The summed E-state index contributed by atoms with van der Waals surface area (Å²) in [7, 11) is 0. The molecule has 0 atom stereocenters. The molecule has 0 spiro atoms. The number of rotatable bonds is 1. The smallest absolute Gasteiger partial charge is 0.242 e. The molecule has 2 heterocycles. The molecule has 0 aliphatic carbocycles. The van der Waals surface area contributed by atoms with E-state index in [1.807, 2.05) is 22.7 Å². The molecular weight excluding hydrogens is 349 g/mol. The van der Waals surface area contributed by atoms with Crippen LogP contribution in [0.5, 0.6) is 0 Å². The number of nitrogens with zero attached hydrogens (tertiary/aromatic N) is 1. The second-order valence-electron chi connectivity index (χ2n) is 3.60. The average molecular weight is 361 g/mol. The third kappa shape index (κ3) is 1.67. The number of aryl methyl sites for hydroxylation is 2. The molecule has 1 nitrogen and oxygen atoms in total. The van der Waals surface area contributed by atoms with E-state index in [-0.39, 0.29) is 24.0 Å². The van der Waals surface area contributed by atoms with Gasteiger partial charge in [-0.3, -0.25) is 0 Å². The second-order valence-corrected chi connectivity index (χ2v) is 6.11. The number of benzene rings is 1. The van der Waals surface area contributed by atoms with Crippen molar-refractivity contribution in [3.05, 3.63) is 29.3 Å². The summed E-state index contributed by atoms with van der Waals surface area (Å²) in [6.45, 7) is 5.48. The van der Waals surface area contributed by atoms with Crippen LogP contribution in [0.4, 0.5) is 0 Å². The lowest BCUT2D eigenvalue weighted by atomic mass is 10.2. The van der Waals surface area contributed by atoms with Crippen LogP contribution in [0.3, 0.4) is 0 Å². The van der Waals surface area contributed by atoms with E-state index >= 15 is 0 Å². The number of hydrogen-bond acceptors (Lipinski definition) is 2. The highest BCUT2D eigenvalue weighted by atomic mass is 127. The Balaban J connectivity index is 0.000000963. The summed E-state index contributed by atoms with van der Waals surface area (Å²) in [5.74, 6) is 0. The van der Waals surface area contributed by atoms with E-state index in [1.165, 1.54) is 24.6 Å². The Hall–Kier alpha value is -0.200. The highest BCUT2D eigenvalue weighted by Crippen LogP contribution is 2.35. The molecule has 3 rings (SSSR count). The minimum atomic E-state index is 0. The molecule has 0 saturated carbocycles. The van der Waals surface area contributed by atoms with Crippen LogP contribution in [0, 0.1) is 6.92 Å². The fraction of sp³-hybridized carbons (Fsp3) is 0.250. The summed E-state index contributed by atoms with van der Waals surface area (Å²) < 4.78 is 5.27. The van der Waals surface area contributed by atoms with Crippen molar-refractivity contribution < 1.29 is 28.5 Å². The molecule has 0 unspecified atom stereocenters. The SMILES string of the molecule is CC[n+]1c(C)sc2sc3ccccc3c21.[I-]. The fourth-order valence-electron chi connectivity index (χ4n) is 2.06. The van der Waals surface area contributed by atoms with Crippen LogP contribution in [0.25, 0.3) is 19.6 Å². The minimum Gasteiger partial charge on any atom is -1.00 e. The number of thiazole rings is 1. The maximum Gasteiger partial charge on any atom is 0.242 e. The largest absolute Gasteiger partial charge is 1.00 e. The summed E-state index contributed by atoms with van der Waals surface area (Å²) in [5, 5.41) is 2.81. The van der Waals surface area contributed by atoms with E-state index in [0.29, 0.717) is 0 Å². The van der Waals surface area contributed by atoms with Gasteiger partial charge in [-0.2, -0.15) is 4.57 Å². The number of hydrogen-bond donors (Lipinski definition) is 0. The summed E-state index contributed by atoms with van der Waals surface area (Å²) in [6.07, 6.45) is 0. The zero-order valence-corrected chi connectivity index (χ0v) is 12.9. The van der Waals surface area contributed by atoms with Crippen molar-refractivity contribution in [3.8, 4) is 0 Å². The number of thiophene rings is 1. The first kappa shape index (κ1) is 12.3. The van der Waals surface area contributed by atoms with E-state index in [0.717, 1.165) is 6.54 Å². The normalized spacial score (nSPS) is 10.9. The molecule has 0 fully saturated rings. The summed E-state index contributed by atoms with van der Waals surface area (Å²) in [6, 6.07) is 8.68. The van der Waals surface area contributed by atoms with Gasteiger partial charge in [0.2, 0.25) is 10.5 Å². The maximum atomic E-state index is 2.42. The number of aromatic nitrogens is 1. The van der Waals surface area contributed by atoms with Crippen LogP contribution in [0.1, 0.15) is 11.9 Å². The summed E-state index contributed by atoms with van der Waals surface area (Å²) >= 11 is 3.82. The Labute approximate surface area is 120 Å². The van der Waals surface area contributed by atoms with Gasteiger partial charge in [0.1, 0.15) is 6.54 Å². The molecule has 4 heteroatoms. The lowest BCUT2D eigenvalue weighted by molar-refractivity contribution is -0.668. The molecule has 0 radical (unpaired) electrons. The highest BCUT2D eigenvalue weighted by Gasteiger charge is 2.20. The van der Waals surface area contributed by atoms with Crippen LogP contribution >= 0.6 is 22.7 Å². The third-order valence-corrected chi connectivity index (χ3v) is 5.09. The monoisotopic (exact) mass is 361 g/mol. The van der Waals surface area contributed by atoms with Crippen molar-refractivity contribution in [2.75, 3.05) is 0 Å². The first-order valence-corrected chi connectivity index (χ1v) is 6.75. The molecule has 0 saturated heterocycles. The summed E-state index contributed by atoms with van der Waals surface area (Å²) in [4.78, 5) is 0. The molecule has 0 N–H and O–H groups in total. The highest BCUT2D eigenvalue weighted by molar-refractivity contribution is 7.41. The molecule has 1 aromatic carbocycles. The lowest BCUT2D eigenvalue weighted by Gasteiger charge is -1.90. The van der Waals surface area contributed by atoms with Gasteiger partial charge in [0.05, 0.1) is 5.39 Å². The molecule has 0 aliphatic heterocycles. The van der Waals surface area contributed by atoms with Crippen molar-refractivity contribution in [3.63, 3.8) is 0 Å². The molecular formula is C12H12INS2. The molecule has 2 aromatic heterocycles. The topological polar surface area (TPSA) is 3.88 Å². The van der Waals surface area contributed by atoms with Crippen LogP contribution in [-0.4, -0.2) is 0 Å². The fourth-order valence-corrected chi connectivity index (χ4v) is 4.71. The molecule has 3 aromatic rings. The Bertz CT molecular complexity index is 639. The quantitative estimate of drug-likeness (QED) is 0.445. The molecule has 16 heavy (non-hydrogen) atoms. The van der Waals surface area contributed by atoms with E-state index in [1.54, 1.807) is 0 Å². The van der Waals surface area contributed by atoms with Crippen LogP contribution in [0.2, 0.25) is 0 Å². The van der Waals surface area contributed by atoms with Crippen LogP contribution in [-0.2, 0) is 6.54 Å². The van der Waals surface area contributed by atoms with Gasteiger partial charge in [-0.25, -0.2) is 0 Å². The molecule has 84 valence electrons. The molecule has 0 amide bonds. The Kier molecular flexibility index (Phi) is 3.51. The van der Waals surface area contributed by atoms with Gasteiger partial charge in [0, 0.05) is 11.6 Å². The molecule has 0 bridgehead atoms. The van der Waals surface area contributed by atoms with Crippen LogP contribution in [0.15, 0.2) is 24.3 Å². The zero-order valence-electron chi connectivity index (χ0n) is 9.16. The third-order valence-electron chi connectivity index (χ3n) is 2.74. The van der Waals surface area contributed by atoms with Gasteiger partial charge < -0.3 is 24.0 Å². The van der Waals surface area contributed by atoms with Crippen molar-refractivity contribution in [2.24, 2.45) is 0 Å². The van der Waals surface area contributed by atoms with Gasteiger partial charge in [-0.1, -0.05) is 23.5 Å². The molecule has 0 aliphatic rings. The number of halogens is 1. The van der Waals surface area contributed by atoms with E-state index in [9.17, 15) is 0 Å². The Morgan fingerprint density at radius 2 is 1.94 bits per heavy atom. The van der Waals surface area contributed by atoms with E-state index < -0.39 is 0 Å². The Morgan fingerprint density at radius 1 is 1.19 bits per heavy atom. The first-order valence-electron chi connectivity index (χ1n) is 5.11. The number of fused-ring (bicyclic) bond motifs is 3. The van der Waals surface area contributed by atoms with Crippen molar-refractivity contribution in [1.29, 1.82) is 0 Å². The second kappa shape index (κ2) is 4.58. The van der Waals surface area contributed by atoms with Gasteiger partial charge >= 0.3 is 0 Å². The average Bonchev–Trinajstić information content (AvgIpc) is 2.72. The van der Waals surface area contributed by atoms with Crippen molar-refractivity contribution in [1.82, 2.24) is 0 Å². The lowest BCUT2D eigenvalue weighted by Crippen LogP contribution is -3.00. The van der Waals surface area contributed by atoms with Crippen LogP contribution < -0.4 is 28.5 Å².